The summed E-state index contributed by atoms with van der Waals surface area (Å²) in [4.78, 5) is 16.7. The van der Waals surface area contributed by atoms with E-state index in [1.807, 2.05) is 17.7 Å². The van der Waals surface area contributed by atoms with Crippen molar-refractivity contribution in [2.45, 2.75) is 37.5 Å². The molecule has 6 nitrogen and oxygen atoms in total. The number of para-hydroxylation sites is 1. The van der Waals surface area contributed by atoms with Crippen molar-refractivity contribution in [1.82, 2.24) is 14.3 Å². The Morgan fingerprint density at radius 1 is 0.872 bits per heavy atom. The first kappa shape index (κ1) is 28.3. The van der Waals surface area contributed by atoms with Gasteiger partial charge in [0, 0.05) is 13.0 Å². The number of hydrogen-bond acceptors (Lipinski definition) is 4. The van der Waals surface area contributed by atoms with E-state index < -0.39 is 50.5 Å². The van der Waals surface area contributed by atoms with Crippen LogP contribution in [-0.4, -0.2) is 24.5 Å². The van der Waals surface area contributed by atoms with E-state index in [9.17, 15) is 39.6 Å². The maximum absolute atomic E-state index is 13.4. The van der Waals surface area contributed by atoms with Crippen molar-refractivity contribution in [3.8, 4) is 5.69 Å². The van der Waals surface area contributed by atoms with Crippen molar-refractivity contribution in [2.24, 2.45) is 0 Å². The molecular weight excluding hydrogens is 548 g/mol. The smallest absolute Gasteiger partial charge is 0.268 e. The zero-order valence-corrected chi connectivity index (χ0v) is 21.3. The predicted molar refractivity (Wildman–Crippen MR) is 132 cm³/mol. The summed E-state index contributed by atoms with van der Waals surface area (Å²) >= 11 is 0. The minimum Gasteiger partial charge on any atom is -0.268 e. The fourth-order valence-electron chi connectivity index (χ4n) is 4.11. The summed E-state index contributed by atoms with van der Waals surface area (Å²) in [5.74, 6) is 0.147. The molecule has 0 unspecified atom stereocenters. The molecule has 4 aromatic rings. The van der Waals surface area contributed by atoms with E-state index in [0.717, 1.165) is 11.1 Å². The number of aromatic nitrogens is 2. The molecule has 0 aliphatic rings. The van der Waals surface area contributed by atoms with Crippen LogP contribution in [0.15, 0.2) is 70.4 Å². The lowest BCUT2D eigenvalue weighted by molar-refractivity contribution is -0.143. The molecule has 1 aromatic heterocycles. The summed E-state index contributed by atoms with van der Waals surface area (Å²) in [6, 6.07) is 12.0. The van der Waals surface area contributed by atoms with E-state index >= 15 is 0 Å². The quantitative estimate of drug-likeness (QED) is 0.309. The zero-order valence-electron chi connectivity index (χ0n) is 20.5. The Morgan fingerprint density at radius 2 is 1.49 bits per heavy atom. The Balaban J connectivity index is 1.72. The van der Waals surface area contributed by atoms with Crippen LogP contribution in [0.4, 0.5) is 26.3 Å². The van der Waals surface area contributed by atoms with E-state index in [-0.39, 0.29) is 30.4 Å². The van der Waals surface area contributed by atoms with Gasteiger partial charge in [0.1, 0.15) is 5.82 Å². The summed E-state index contributed by atoms with van der Waals surface area (Å²) in [5.41, 5.74) is -1.41. The van der Waals surface area contributed by atoms with Crippen LogP contribution in [-0.2, 0) is 28.8 Å². The third kappa shape index (κ3) is 5.98. The van der Waals surface area contributed by atoms with Gasteiger partial charge in [0.2, 0.25) is 10.0 Å². The number of nitrogens with one attached hydrogen (secondary N) is 1. The Hall–Kier alpha value is -3.71. The Labute approximate surface area is 219 Å². The second-order valence-corrected chi connectivity index (χ2v) is 10.6. The van der Waals surface area contributed by atoms with Gasteiger partial charge in [-0.1, -0.05) is 29.8 Å². The van der Waals surface area contributed by atoms with Crippen LogP contribution in [0.25, 0.3) is 16.6 Å². The van der Waals surface area contributed by atoms with Crippen LogP contribution in [0.2, 0.25) is 0 Å². The fraction of sp³-hybridized carbons (Fsp3) is 0.231. The van der Waals surface area contributed by atoms with Gasteiger partial charge in [-0.05, 0) is 55.8 Å². The molecule has 1 heterocycles. The lowest BCUT2D eigenvalue weighted by Gasteiger charge is -2.17. The predicted octanol–water partition coefficient (Wildman–Crippen LogP) is 5.56. The number of sulfonamides is 1. The molecular formula is C26H21F6N3O3S. The average Bonchev–Trinajstić information content (AvgIpc) is 2.83. The molecule has 4 rings (SSSR count). The molecule has 0 amide bonds. The minimum absolute atomic E-state index is 0.136. The van der Waals surface area contributed by atoms with Gasteiger partial charge in [-0.3, -0.25) is 9.36 Å². The van der Waals surface area contributed by atoms with Crippen molar-refractivity contribution in [2.75, 3.05) is 6.54 Å². The number of fused-ring (bicyclic) bond motifs is 1. The lowest BCUT2D eigenvalue weighted by atomic mass is 10.1. The van der Waals surface area contributed by atoms with Crippen LogP contribution in [0.5, 0.6) is 0 Å². The highest BCUT2D eigenvalue weighted by Gasteiger charge is 2.38. The van der Waals surface area contributed by atoms with Gasteiger partial charge in [-0.2, -0.15) is 26.3 Å². The van der Waals surface area contributed by atoms with Crippen molar-refractivity contribution in [1.29, 1.82) is 0 Å². The third-order valence-electron chi connectivity index (χ3n) is 5.95. The van der Waals surface area contributed by atoms with Crippen molar-refractivity contribution in [3.05, 3.63) is 99.1 Å². The standard InChI is InChI=1S/C26H21F6N3O3S/c1-15-7-8-22(16(2)11-15)35-23(34-21-6-4-3-5-20(21)24(35)36)9-10-33-39(37,38)19-13-17(25(27,28)29)12-18(14-19)26(30,31)32/h3-8,11-14,33H,9-10H2,1-2H3. The van der Waals surface area contributed by atoms with E-state index in [1.54, 1.807) is 43.3 Å². The summed E-state index contributed by atoms with van der Waals surface area (Å²) in [6.07, 6.45) is -10.6. The Bertz CT molecular complexity index is 1700. The van der Waals surface area contributed by atoms with Crippen LogP contribution in [0.3, 0.4) is 0 Å². The first-order valence-corrected chi connectivity index (χ1v) is 12.9. The molecule has 13 heteroatoms. The number of aryl methyl sites for hydroxylation is 2. The van der Waals surface area contributed by atoms with Gasteiger partial charge in [0.15, 0.2) is 0 Å². The van der Waals surface area contributed by atoms with Gasteiger partial charge in [-0.25, -0.2) is 18.1 Å². The molecule has 0 saturated heterocycles. The monoisotopic (exact) mass is 569 g/mol. The summed E-state index contributed by atoms with van der Waals surface area (Å²) in [7, 11) is -4.81. The molecule has 0 aliphatic carbocycles. The molecule has 0 atom stereocenters. The molecule has 39 heavy (non-hydrogen) atoms. The highest BCUT2D eigenvalue weighted by Crippen LogP contribution is 2.37. The minimum atomic E-state index is -5.21. The number of nitrogens with zero attached hydrogens (tertiary/aromatic N) is 2. The molecule has 1 N–H and O–H groups in total. The second-order valence-electron chi connectivity index (χ2n) is 8.87. The Kier molecular flexibility index (Phi) is 7.34. The zero-order chi connectivity index (χ0) is 28.8. The molecule has 0 aliphatic heterocycles. The number of rotatable bonds is 6. The average molecular weight is 570 g/mol. The third-order valence-corrected chi connectivity index (χ3v) is 7.39. The van der Waals surface area contributed by atoms with E-state index in [1.165, 1.54) is 4.57 Å². The highest BCUT2D eigenvalue weighted by atomic mass is 32.2. The lowest BCUT2D eigenvalue weighted by Crippen LogP contribution is -2.30. The molecule has 0 radical (unpaired) electrons. The Morgan fingerprint density at radius 3 is 2.08 bits per heavy atom. The fourth-order valence-corrected chi connectivity index (χ4v) is 5.21. The molecule has 206 valence electrons. The van der Waals surface area contributed by atoms with Crippen LogP contribution in [0.1, 0.15) is 28.1 Å². The van der Waals surface area contributed by atoms with Crippen LogP contribution in [0, 0.1) is 13.8 Å². The maximum atomic E-state index is 13.4. The number of alkyl halides is 6. The van der Waals surface area contributed by atoms with Gasteiger partial charge >= 0.3 is 12.4 Å². The van der Waals surface area contributed by atoms with Crippen molar-refractivity contribution >= 4 is 20.9 Å². The van der Waals surface area contributed by atoms with Gasteiger partial charge in [-0.15, -0.1) is 0 Å². The maximum Gasteiger partial charge on any atom is 0.416 e. The first-order valence-electron chi connectivity index (χ1n) is 11.5. The van der Waals surface area contributed by atoms with E-state index in [2.05, 4.69) is 4.98 Å². The summed E-state index contributed by atoms with van der Waals surface area (Å²) < 4.78 is 108. The van der Waals surface area contributed by atoms with Crippen LogP contribution < -0.4 is 10.3 Å². The first-order chi connectivity index (χ1) is 18.1. The van der Waals surface area contributed by atoms with Gasteiger partial charge < -0.3 is 0 Å². The van der Waals surface area contributed by atoms with E-state index in [0.29, 0.717) is 16.6 Å². The summed E-state index contributed by atoms with van der Waals surface area (Å²) in [5, 5.41) is 0.311. The van der Waals surface area contributed by atoms with Crippen molar-refractivity contribution in [3.63, 3.8) is 0 Å². The highest BCUT2D eigenvalue weighted by molar-refractivity contribution is 7.89. The molecule has 0 bridgehead atoms. The van der Waals surface area contributed by atoms with E-state index in [4.69, 9.17) is 0 Å². The number of halogens is 6. The van der Waals surface area contributed by atoms with Crippen molar-refractivity contribution < 1.29 is 34.8 Å². The van der Waals surface area contributed by atoms with Gasteiger partial charge in [0.25, 0.3) is 5.56 Å². The molecule has 0 fully saturated rings. The molecule has 3 aromatic carbocycles. The molecule has 0 spiro atoms. The topological polar surface area (TPSA) is 81.1 Å². The molecule has 0 saturated carbocycles. The van der Waals surface area contributed by atoms with Crippen LogP contribution >= 0.6 is 0 Å². The van der Waals surface area contributed by atoms with Gasteiger partial charge in [0.05, 0.1) is 32.6 Å². The largest absolute Gasteiger partial charge is 0.416 e. The SMILES string of the molecule is Cc1ccc(-n2c(CCNS(=O)(=O)c3cc(C(F)(F)F)cc(C(F)(F)F)c3)nc3ccccc3c2=O)c(C)c1. The number of hydrogen-bond donors (Lipinski definition) is 1. The second kappa shape index (κ2) is 10.1. The number of benzene rings is 3. The summed E-state index contributed by atoms with van der Waals surface area (Å²) in [6.45, 7) is 3.18. The normalized spacial score (nSPS) is 12.7.